The molecule has 0 bridgehead atoms. The molecular formula is C33H34Cl2GeHf-2. The molecule has 0 N–H and O–H groups in total. The molecule has 0 saturated carbocycles. The van der Waals surface area contributed by atoms with Crippen molar-refractivity contribution in [1.29, 1.82) is 0 Å². The van der Waals surface area contributed by atoms with Gasteiger partial charge < -0.3 is 24.8 Å². The molecule has 0 amide bonds. The Morgan fingerprint density at radius 2 is 0.919 bits per heavy atom. The molecule has 0 fully saturated rings. The monoisotopic (exact) mass is 754 g/mol. The molecule has 2 unspecified atom stereocenters. The number of hydrogen-bond acceptors (Lipinski definition) is 0. The minimum atomic E-state index is -0.627. The fourth-order valence-electron chi connectivity index (χ4n) is 4.22. The van der Waals surface area contributed by atoms with Gasteiger partial charge in [0.05, 0.1) is 0 Å². The Hall–Kier alpha value is -1.39. The Morgan fingerprint density at radius 3 is 1.16 bits per heavy atom. The summed E-state index contributed by atoms with van der Waals surface area (Å²) in [6.07, 6.45) is 11.3. The molecule has 5 rings (SSSR count). The Morgan fingerprint density at radius 1 is 0.595 bits per heavy atom. The van der Waals surface area contributed by atoms with Crippen LogP contribution in [0.15, 0.2) is 114 Å². The van der Waals surface area contributed by atoms with Crippen LogP contribution in [0.1, 0.15) is 38.8 Å². The third-order valence-corrected chi connectivity index (χ3v) is 13.8. The minimum Gasteiger partial charge on any atom is -1.00 e. The Balaban J connectivity index is 0.000000275. The van der Waals surface area contributed by atoms with E-state index in [1.807, 2.05) is 12.1 Å². The summed E-state index contributed by atoms with van der Waals surface area (Å²) in [7, 11) is -0.627. The van der Waals surface area contributed by atoms with Gasteiger partial charge in [0.2, 0.25) is 0 Å². The summed E-state index contributed by atoms with van der Waals surface area (Å²) < 4.78 is 1.64. The molecule has 0 aromatic heterocycles. The van der Waals surface area contributed by atoms with Crippen LogP contribution >= 0.6 is 0 Å². The Kier molecular flexibility index (Phi) is 15.7. The van der Waals surface area contributed by atoms with Gasteiger partial charge >= 0.3 is 71.8 Å². The number of halogens is 2. The molecule has 0 heterocycles. The van der Waals surface area contributed by atoms with Crippen molar-refractivity contribution in [3.05, 3.63) is 138 Å². The zero-order valence-electron chi connectivity index (χ0n) is 22.2. The molecule has 0 nitrogen and oxygen atoms in total. The summed E-state index contributed by atoms with van der Waals surface area (Å²) >= 11 is 1.42. The molecule has 0 saturated heterocycles. The first-order valence-electron chi connectivity index (χ1n) is 12.2. The quantitative estimate of drug-likeness (QED) is 0.284. The van der Waals surface area contributed by atoms with Crippen molar-refractivity contribution < 1.29 is 46.1 Å². The van der Waals surface area contributed by atoms with Crippen molar-refractivity contribution in [3.63, 3.8) is 0 Å². The first kappa shape index (κ1) is 33.6. The van der Waals surface area contributed by atoms with E-state index in [0.717, 1.165) is 0 Å². The third-order valence-electron chi connectivity index (χ3n) is 5.91. The van der Waals surface area contributed by atoms with Crippen LogP contribution < -0.4 is 29.2 Å². The van der Waals surface area contributed by atoms with E-state index in [2.05, 4.69) is 137 Å². The molecule has 0 spiro atoms. The normalized spacial score (nSPS) is 17.2. The second-order valence-electron chi connectivity index (χ2n) is 9.00. The smallest absolute Gasteiger partial charge is 1.00 e. The predicted octanol–water partition coefficient (Wildman–Crippen LogP) is 2.01. The molecule has 0 aliphatic heterocycles. The van der Waals surface area contributed by atoms with Crippen LogP contribution in [-0.4, -0.2) is 10.1 Å². The first-order valence-corrected chi connectivity index (χ1v) is 25.7. The van der Waals surface area contributed by atoms with Crippen LogP contribution in [0.5, 0.6) is 0 Å². The fourth-order valence-corrected chi connectivity index (χ4v) is 8.79. The second kappa shape index (κ2) is 17.3. The maximum Gasteiger partial charge on any atom is -1.00 e. The van der Waals surface area contributed by atoms with Crippen molar-refractivity contribution in [2.75, 3.05) is 0 Å². The van der Waals surface area contributed by atoms with Crippen LogP contribution in [-0.2, 0) is 21.3 Å². The largest absolute Gasteiger partial charge is 1.00 e. The van der Waals surface area contributed by atoms with Gasteiger partial charge in [0.15, 0.2) is 0 Å². The summed E-state index contributed by atoms with van der Waals surface area (Å²) in [5, 5.41) is 0. The van der Waals surface area contributed by atoms with Gasteiger partial charge in [-0.1, -0.05) is 100 Å². The SMILES string of the molecule is CC1=[C-]C(C)C=C1c1ccccc1.CC1=[C-]C(C)C=C1c1ccccc1.[CH3][Ge](=[Hf+2])[c]1ccccc1.[Cl-].[Cl-]. The zero-order valence-corrected chi connectivity index (χ0v) is 29.4. The maximum absolute atomic E-state index is 3.39. The zero-order chi connectivity index (χ0) is 25.2. The van der Waals surface area contributed by atoms with Gasteiger partial charge in [-0.05, 0) is 0 Å². The van der Waals surface area contributed by atoms with Gasteiger partial charge in [0.25, 0.3) is 0 Å². The van der Waals surface area contributed by atoms with Crippen LogP contribution in [0.4, 0.5) is 0 Å². The van der Waals surface area contributed by atoms with E-state index in [0.29, 0.717) is 11.8 Å². The molecular weight excluding hydrogens is 718 g/mol. The van der Waals surface area contributed by atoms with E-state index < -0.39 is 10.1 Å². The number of hydrogen-bond donors (Lipinski definition) is 0. The van der Waals surface area contributed by atoms with Crippen LogP contribution in [0.25, 0.3) is 11.1 Å². The van der Waals surface area contributed by atoms with Gasteiger partial charge in [-0.2, -0.15) is 23.3 Å². The standard InChI is InChI=1S/2C13H13.C7H8Ge.2ClH.Hf/c2*1-10-8-11(2)13(9-10)12-6-4-3-5-7-12;1-8-7-5-3-2-4-6-7;;;/h2*3-7,9-10H,1-2H3;2-6H,1H3;2*1H;/q2*-1;;;;+2/p-2. The molecule has 2 atom stereocenters. The van der Waals surface area contributed by atoms with Crippen LogP contribution in [0.3, 0.4) is 0 Å². The van der Waals surface area contributed by atoms with E-state index in [9.17, 15) is 0 Å². The molecule has 4 heteroatoms. The van der Waals surface area contributed by atoms with Gasteiger partial charge in [-0.25, -0.2) is 11.1 Å². The van der Waals surface area contributed by atoms with Crippen LogP contribution in [0, 0.1) is 24.0 Å². The van der Waals surface area contributed by atoms with Gasteiger partial charge in [-0.3, -0.25) is 12.2 Å². The van der Waals surface area contributed by atoms with E-state index in [1.54, 1.807) is 4.40 Å². The predicted molar refractivity (Wildman–Crippen MR) is 150 cm³/mol. The Labute approximate surface area is 252 Å². The first-order chi connectivity index (χ1) is 16.8. The average molecular weight is 753 g/mol. The van der Waals surface area contributed by atoms with E-state index in [-0.39, 0.29) is 24.8 Å². The minimum absolute atomic E-state index is 0. The van der Waals surface area contributed by atoms with E-state index in [1.165, 1.54) is 54.7 Å². The molecule has 37 heavy (non-hydrogen) atoms. The summed E-state index contributed by atoms with van der Waals surface area (Å²) in [5.41, 5.74) is 7.84. The molecule has 2 aliphatic rings. The van der Waals surface area contributed by atoms with Crippen LogP contribution in [0.2, 0.25) is 5.76 Å². The van der Waals surface area contributed by atoms with Crippen molar-refractivity contribution in [2.45, 2.75) is 33.5 Å². The van der Waals surface area contributed by atoms with Gasteiger partial charge in [0.1, 0.15) is 0 Å². The van der Waals surface area contributed by atoms with Crippen molar-refractivity contribution >= 4 is 25.6 Å². The number of benzene rings is 3. The van der Waals surface area contributed by atoms with Gasteiger partial charge in [0, 0.05) is 0 Å². The topological polar surface area (TPSA) is 0 Å². The third kappa shape index (κ3) is 10.7. The molecule has 190 valence electrons. The van der Waals surface area contributed by atoms with E-state index in [4.69, 9.17) is 0 Å². The van der Waals surface area contributed by atoms with Crippen molar-refractivity contribution in [3.8, 4) is 0 Å². The summed E-state index contributed by atoms with van der Waals surface area (Å²) in [4.78, 5) is 0. The second-order valence-corrected chi connectivity index (χ2v) is 26.8. The summed E-state index contributed by atoms with van der Waals surface area (Å²) in [6.45, 7) is 8.59. The summed E-state index contributed by atoms with van der Waals surface area (Å²) in [5.74, 6) is 3.37. The van der Waals surface area contributed by atoms with Gasteiger partial charge in [-0.15, -0.1) is 11.1 Å². The fraction of sp³-hybridized carbons (Fsp3) is 0.212. The average Bonchev–Trinajstić information content (AvgIpc) is 3.40. The molecule has 3 aromatic carbocycles. The van der Waals surface area contributed by atoms with Crippen molar-refractivity contribution in [2.24, 2.45) is 11.8 Å². The summed E-state index contributed by atoms with van der Waals surface area (Å²) in [6, 6.07) is 31.9. The molecule has 0 radical (unpaired) electrons. The molecule has 3 aromatic rings. The maximum atomic E-state index is 3.39. The number of allylic oxidation sites excluding steroid dienone is 8. The number of rotatable bonds is 3. The van der Waals surface area contributed by atoms with E-state index >= 15 is 0 Å². The molecule has 2 aliphatic carbocycles. The van der Waals surface area contributed by atoms with Crippen molar-refractivity contribution in [1.82, 2.24) is 0 Å². The Bertz CT molecular complexity index is 1170.